The monoisotopic (exact) mass is 406 g/mol. The van der Waals surface area contributed by atoms with E-state index in [-0.39, 0.29) is 16.8 Å². The molecule has 0 spiro atoms. The van der Waals surface area contributed by atoms with Gasteiger partial charge in [0, 0.05) is 11.6 Å². The number of amides is 1. The minimum Gasteiger partial charge on any atom is -0.348 e. The van der Waals surface area contributed by atoms with Crippen LogP contribution in [-0.2, 0) is 14.8 Å². The molecule has 0 saturated carbocycles. The van der Waals surface area contributed by atoms with Crippen LogP contribution in [-0.4, -0.2) is 31.2 Å². The Bertz CT molecular complexity index is 928. The molecule has 1 saturated heterocycles. The van der Waals surface area contributed by atoms with Crippen LogP contribution in [0.25, 0.3) is 0 Å². The summed E-state index contributed by atoms with van der Waals surface area (Å²) < 4.78 is 27.3. The third kappa shape index (κ3) is 4.18. The minimum absolute atomic E-state index is 0.215. The van der Waals surface area contributed by atoms with Crippen LogP contribution in [0.4, 0.5) is 0 Å². The van der Waals surface area contributed by atoms with Gasteiger partial charge in [0.15, 0.2) is 0 Å². The summed E-state index contributed by atoms with van der Waals surface area (Å²) >= 11 is 6.20. The lowest BCUT2D eigenvalue weighted by atomic mass is 10.1. The van der Waals surface area contributed by atoms with Gasteiger partial charge in [-0.15, -0.1) is 0 Å². The van der Waals surface area contributed by atoms with E-state index >= 15 is 0 Å². The van der Waals surface area contributed by atoms with E-state index in [4.69, 9.17) is 11.6 Å². The molecule has 2 aromatic rings. The summed E-state index contributed by atoms with van der Waals surface area (Å²) in [4.78, 5) is 13.0. The third-order valence-corrected chi connectivity index (χ3v) is 7.13. The highest BCUT2D eigenvalue weighted by atomic mass is 35.5. The predicted octanol–water partition coefficient (Wildman–Crippen LogP) is 3.68. The number of hydrogen-bond acceptors (Lipinski definition) is 3. The van der Waals surface area contributed by atoms with Crippen molar-refractivity contribution in [1.29, 1.82) is 0 Å². The summed E-state index contributed by atoms with van der Waals surface area (Å²) in [5.41, 5.74) is 1.79. The second-order valence-electron chi connectivity index (χ2n) is 6.84. The lowest BCUT2D eigenvalue weighted by Gasteiger charge is -2.25. The highest BCUT2D eigenvalue weighted by molar-refractivity contribution is 7.89. The predicted molar refractivity (Wildman–Crippen MR) is 106 cm³/mol. The van der Waals surface area contributed by atoms with E-state index in [1.807, 2.05) is 32.0 Å². The summed E-state index contributed by atoms with van der Waals surface area (Å²) in [5.74, 6) is -0.296. The van der Waals surface area contributed by atoms with Crippen LogP contribution in [0.15, 0.2) is 53.4 Å². The van der Waals surface area contributed by atoms with Gasteiger partial charge in [0.05, 0.1) is 10.9 Å². The number of benzene rings is 2. The van der Waals surface area contributed by atoms with Crippen molar-refractivity contribution in [3.63, 3.8) is 0 Å². The number of nitrogens with zero attached hydrogens (tertiary/aromatic N) is 1. The summed E-state index contributed by atoms with van der Waals surface area (Å²) in [5, 5.41) is 3.48. The molecule has 3 rings (SSSR count). The van der Waals surface area contributed by atoms with E-state index in [1.54, 1.807) is 30.3 Å². The van der Waals surface area contributed by atoms with Crippen molar-refractivity contribution >= 4 is 27.5 Å². The lowest BCUT2D eigenvalue weighted by molar-refractivity contribution is -0.124. The molecule has 1 aliphatic rings. The SMILES string of the molecule is Cc1ccc(S(=O)(=O)N2CCC[C@H]2C(=O)NC(C)c2ccccc2Cl)cc1. The largest absolute Gasteiger partial charge is 0.348 e. The third-order valence-electron chi connectivity index (χ3n) is 4.86. The molecule has 27 heavy (non-hydrogen) atoms. The fraction of sp³-hybridized carbons (Fsp3) is 0.350. The number of carbonyl (C=O) groups excluding carboxylic acids is 1. The first kappa shape index (κ1) is 19.9. The lowest BCUT2D eigenvalue weighted by Crippen LogP contribution is -2.46. The van der Waals surface area contributed by atoms with Crippen molar-refractivity contribution in [1.82, 2.24) is 9.62 Å². The second kappa shape index (κ2) is 8.00. The summed E-state index contributed by atoms with van der Waals surface area (Å²) in [7, 11) is -3.71. The van der Waals surface area contributed by atoms with Gasteiger partial charge in [-0.3, -0.25) is 4.79 Å². The Morgan fingerprint density at radius 1 is 1.19 bits per heavy atom. The van der Waals surface area contributed by atoms with Crippen molar-refractivity contribution in [3.05, 3.63) is 64.7 Å². The smallest absolute Gasteiger partial charge is 0.243 e. The molecule has 5 nitrogen and oxygen atoms in total. The van der Waals surface area contributed by atoms with Crippen LogP contribution in [0.2, 0.25) is 5.02 Å². The fourth-order valence-corrected chi connectivity index (χ4v) is 5.30. The van der Waals surface area contributed by atoms with Crippen LogP contribution in [0.5, 0.6) is 0 Å². The van der Waals surface area contributed by atoms with Gasteiger partial charge in [0.25, 0.3) is 0 Å². The topological polar surface area (TPSA) is 66.5 Å². The molecule has 1 heterocycles. The molecule has 2 atom stereocenters. The van der Waals surface area contributed by atoms with E-state index in [1.165, 1.54) is 4.31 Å². The standard InChI is InChI=1S/C20H23ClN2O3S/c1-14-9-11-16(12-10-14)27(25,26)23-13-5-8-19(23)20(24)22-15(2)17-6-3-4-7-18(17)21/h3-4,6-7,9-12,15,19H,5,8,13H2,1-2H3,(H,22,24)/t15?,19-/m0/s1. The number of rotatable bonds is 5. The quantitative estimate of drug-likeness (QED) is 0.823. The normalized spacial score (nSPS) is 19.0. The molecule has 1 aliphatic heterocycles. The molecule has 7 heteroatoms. The van der Waals surface area contributed by atoms with Gasteiger partial charge in [0.1, 0.15) is 6.04 Å². The van der Waals surface area contributed by atoms with Gasteiger partial charge in [-0.05, 0) is 50.5 Å². The summed E-state index contributed by atoms with van der Waals surface area (Å²) in [6, 6.07) is 13.0. The first-order chi connectivity index (χ1) is 12.8. The van der Waals surface area contributed by atoms with E-state index in [0.717, 1.165) is 11.1 Å². The van der Waals surface area contributed by atoms with Crippen LogP contribution in [0.3, 0.4) is 0 Å². The molecule has 0 radical (unpaired) electrons. The molecular weight excluding hydrogens is 384 g/mol. The fourth-order valence-electron chi connectivity index (χ4n) is 3.35. The molecule has 0 aliphatic carbocycles. The number of halogens is 1. The van der Waals surface area contributed by atoms with Crippen molar-refractivity contribution in [3.8, 4) is 0 Å². The highest BCUT2D eigenvalue weighted by Crippen LogP contribution is 2.28. The van der Waals surface area contributed by atoms with Crippen molar-refractivity contribution < 1.29 is 13.2 Å². The number of nitrogens with one attached hydrogen (secondary N) is 1. The summed E-state index contributed by atoms with van der Waals surface area (Å²) in [6.45, 7) is 4.08. The van der Waals surface area contributed by atoms with E-state index < -0.39 is 16.1 Å². The van der Waals surface area contributed by atoms with Gasteiger partial charge in [-0.2, -0.15) is 4.31 Å². The Labute approximate surface area is 165 Å². The van der Waals surface area contributed by atoms with Gasteiger partial charge < -0.3 is 5.32 Å². The van der Waals surface area contributed by atoms with E-state index in [9.17, 15) is 13.2 Å². The van der Waals surface area contributed by atoms with Crippen LogP contribution < -0.4 is 5.32 Å². The Hall–Kier alpha value is -1.89. The van der Waals surface area contributed by atoms with Crippen molar-refractivity contribution in [2.75, 3.05) is 6.54 Å². The Balaban J connectivity index is 1.78. The van der Waals surface area contributed by atoms with Crippen molar-refractivity contribution in [2.45, 2.75) is 43.7 Å². The van der Waals surface area contributed by atoms with E-state index in [2.05, 4.69) is 5.32 Å². The minimum atomic E-state index is -3.71. The number of aryl methyl sites for hydroxylation is 1. The molecule has 144 valence electrons. The van der Waals surface area contributed by atoms with Crippen LogP contribution >= 0.6 is 11.6 Å². The second-order valence-corrected chi connectivity index (χ2v) is 9.14. The van der Waals surface area contributed by atoms with Crippen LogP contribution in [0, 0.1) is 6.92 Å². The molecule has 0 bridgehead atoms. The molecule has 1 unspecified atom stereocenters. The zero-order valence-electron chi connectivity index (χ0n) is 15.4. The molecular formula is C20H23ClN2O3S. The van der Waals surface area contributed by atoms with Crippen molar-refractivity contribution in [2.24, 2.45) is 0 Å². The maximum absolute atomic E-state index is 13.0. The number of hydrogen-bond donors (Lipinski definition) is 1. The van der Waals surface area contributed by atoms with Gasteiger partial charge >= 0.3 is 0 Å². The molecule has 1 amide bonds. The molecule has 1 fully saturated rings. The highest BCUT2D eigenvalue weighted by Gasteiger charge is 2.39. The maximum Gasteiger partial charge on any atom is 0.243 e. The molecule has 2 aromatic carbocycles. The first-order valence-corrected chi connectivity index (χ1v) is 10.8. The Morgan fingerprint density at radius 3 is 2.52 bits per heavy atom. The van der Waals surface area contributed by atoms with Gasteiger partial charge in [-0.25, -0.2) is 8.42 Å². The maximum atomic E-state index is 13.0. The zero-order valence-corrected chi connectivity index (χ0v) is 16.9. The number of sulfonamides is 1. The Kier molecular flexibility index (Phi) is 5.89. The average Bonchev–Trinajstić information content (AvgIpc) is 3.13. The van der Waals surface area contributed by atoms with Crippen LogP contribution in [0.1, 0.15) is 36.9 Å². The average molecular weight is 407 g/mol. The summed E-state index contributed by atoms with van der Waals surface area (Å²) in [6.07, 6.45) is 1.16. The zero-order chi connectivity index (χ0) is 19.6. The first-order valence-electron chi connectivity index (χ1n) is 8.94. The van der Waals surface area contributed by atoms with Gasteiger partial charge in [0.2, 0.25) is 15.9 Å². The van der Waals surface area contributed by atoms with E-state index in [0.29, 0.717) is 24.4 Å². The number of carbonyl (C=O) groups is 1. The molecule has 0 aromatic heterocycles. The van der Waals surface area contributed by atoms with Gasteiger partial charge in [-0.1, -0.05) is 47.5 Å². The molecule has 1 N–H and O–H groups in total. The Morgan fingerprint density at radius 2 is 1.85 bits per heavy atom.